The van der Waals surface area contributed by atoms with Crippen molar-refractivity contribution >= 4 is 23.2 Å². The molecule has 1 aromatic carbocycles. The molecule has 14 heavy (non-hydrogen) atoms. The molecule has 0 aliphatic heterocycles. The Morgan fingerprint density at radius 1 is 1.29 bits per heavy atom. The highest BCUT2D eigenvalue weighted by atomic mass is 35.5. The third-order valence-electron chi connectivity index (χ3n) is 1.64. The average Bonchev–Trinajstić information content (AvgIpc) is 2.07. The van der Waals surface area contributed by atoms with Gasteiger partial charge in [-0.1, -0.05) is 17.7 Å². The van der Waals surface area contributed by atoms with Crippen molar-refractivity contribution < 1.29 is 18.3 Å². The Kier molecular flexibility index (Phi) is 3.17. The van der Waals surface area contributed by atoms with E-state index in [4.69, 9.17) is 28.3 Å². The molecule has 0 aromatic heterocycles. The lowest BCUT2D eigenvalue weighted by Gasteiger charge is -2.13. The van der Waals surface area contributed by atoms with Gasteiger partial charge in [0.1, 0.15) is 5.75 Å². The van der Waals surface area contributed by atoms with Crippen LogP contribution in [-0.4, -0.2) is 5.11 Å². The summed E-state index contributed by atoms with van der Waals surface area (Å²) in [5.41, 5.74) is -1.23. The lowest BCUT2D eigenvalue weighted by Crippen LogP contribution is -2.09. The highest BCUT2D eigenvalue weighted by molar-refractivity contribution is 6.33. The molecule has 1 rings (SSSR count). The van der Waals surface area contributed by atoms with Gasteiger partial charge in [0.05, 0.1) is 10.6 Å². The first kappa shape index (κ1) is 11.5. The summed E-state index contributed by atoms with van der Waals surface area (Å²) < 4.78 is 37.3. The van der Waals surface area contributed by atoms with E-state index in [0.29, 0.717) is 0 Å². The predicted molar refractivity (Wildman–Crippen MR) is 47.7 cm³/mol. The van der Waals surface area contributed by atoms with E-state index in [9.17, 15) is 13.2 Å². The Hall–Kier alpha value is -0.610. The minimum atomic E-state index is -4.61. The van der Waals surface area contributed by atoms with Gasteiger partial charge < -0.3 is 5.11 Å². The van der Waals surface area contributed by atoms with Gasteiger partial charge in [0.25, 0.3) is 0 Å². The maximum absolute atomic E-state index is 12.4. The zero-order valence-electron chi connectivity index (χ0n) is 6.70. The second-order valence-corrected chi connectivity index (χ2v) is 3.21. The van der Waals surface area contributed by atoms with Crippen LogP contribution in [0.4, 0.5) is 13.2 Å². The fourth-order valence-corrected chi connectivity index (χ4v) is 1.54. The molecule has 6 heteroatoms. The summed E-state index contributed by atoms with van der Waals surface area (Å²) in [7, 11) is 0. The van der Waals surface area contributed by atoms with E-state index in [1.807, 2.05) is 0 Å². The van der Waals surface area contributed by atoms with Gasteiger partial charge >= 0.3 is 6.18 Å². The molecule has 78 valence electrons. The predicted octanol–water partition coefficient (Wildman–Crippen LogP) is 3.80. The first-order valence-electron chi connectivity index (χ1n) is 3.51. The lowest BCUT2D eigenvalue weighted by atomic mass is 10.1. The molecule has 0 bridgehead atoms. The summed E-state index contributed by atoms with van der Waals surface area (Å²) in [6.45, 7) is 0. The minimum Gasteiger partial charge on any atom is -0.506 e. The number of hydrogen-bond donors (Lipinski definition) is 1. The summed E-state index contributed by atoms with van der Waals surface area (Å²) >= 11 is 10.7. The Bertz CT molecular complexity index is 349. The number of benzene rings is 1. The van der Waals surface area contributed by atoms with Crippen LogP contribution in [0.1, 0.15) is 11.1 Å². The molecule has 0 saturated carbocycles. The van der Waals surface area contributed by atoms with E-state index in [2.05, 4.69) is 0 Å². The van der Waals surface area contributed by atoms with Crippen molar-refractivity contribution in [1.29, 1.82) is 0 Å². The number of alkyl halides is 4. The van der Waals surface area contributed by atoms with E-state index >= 15 is 0 Å². The largest absolute Gasteiger partial charge is 0.506 e. The van der Waals surface area contributed by atoms with Crippen molar-refractivity contribution in [2.24, 2.45) is 0 Å². The molecule has 0 amide bonds. The number of phenols is 1. The third kappa shape index (κ3) is 2.07. The molecule has 0 heterocycles. The van der Waals surface area contributed by atoms with Crippen molar-refractivity contribution in [3.63, 3.8) is 0 Å². The van der Waals surface area contributed by atoms with Crippen molar-refractivity contribution in [2.45, 2.75) is 12.1 Å². The third-order valence-corrected chi connectivity index (χ3v) is 2.31. The molecule has 0 spiro atoms. The maximum atomic E-state index is 12.4. The van der Waals surface area contributed by atoms with Crippen LogP contribution < -0.4 is 0 Å². The molecule has 0 aliphatic rings. The fourth-order valence-electron chi connectivity index (χ4n) is 1.02. The Morgan fingerprint density at radius 3 is 2.29 bits per heavy atom. The Morgan fingerprint density at radius 2 is 1.86 bits per heavy atom. The highest BCUT2D eigenvalue weighted by Gasteiger charge is 2.36. The van der Waals surface area contributed by atoms with Gasteiger partial charge in [0.15, 0.2) is 0 Å². The number of phenolic OH excluding ortho intramolecular Hbond substituents is 1. The summed E-state index contributed by atoms with van der Waals surface area (Å²) in [5.74, 6) is -0.915. The van der Waals surface area contributed by atoms with E-state index in [1.165, 1.54) is 0 Å². The lowest BCUT2D eigenvalue weighted by molar-refractivity contribution is -0.138. The van der Waals surface area contributed by atoms with Gasteiger partial charge in [-0.2, -0.15) is 13.2 Å². The monoisotopic (exact) mass is 244 g/mol. The molecule has 1 N–H and O–H groups in total. The molecular weight excluding hydrogens is 240 g/mol. The highest BCUT2D eigenvalue weighted by Crippen LogP contribution is 2.41. The second-order valence-electron chi connectivity index (χ2n) is 2.56. The van der Waals surface area contributed by atoms with Crippen LogP contribution in [-0.2, 0) is 12.1 Å². The number of hydrogen-bond acceptors (Lipinski definition) is 1. The van der Waals surface area contributed by atoms with Gasteiger partial charge in [-0.15, -0.1) is 11.6 Å². The summed E-state index contributed by atoms with van der Waals surface area (Å²) in [6, 6.07) is 2.17. The van der Waals surface area contributed by atoms with Crippen LogP contribution >= 0.6 is 23.2 Å². The number of halogens is 5. The standard InChI is InChI=1S/C8H5Cl2F3O/c9-3-4-1-2-5(14)7(10)6(4)8(11,12)13/h1-2,14H,3H2. The van der Waals surface area contributed by atoms with Crippen molar-refractivity contribution in [1.82, 2.24) is 0 Å². The molecule has 0 atom stereocenters. The Balaban J connectivity index is 3.44. The Labute approximate surface area is 88.1 Å². The summed E-state index contributed by atoms with van der Waals surface area (Å²) in [6.07, 6.45) is -4.61. The van der Waals surface area contributed by atoms with Gasteiger partial charge in [0, 0.05) is 5.88 Å². The van der Waals surface area contributed by atoms with Crippen molar-refractivity contribution in [2.75, 3.05) is 0 Å². The van der Waals surface area contributed by atoms with Crippen LogP contribution in [0, 0.1) is 0 Å². The van der Waals surface area contributed by atoms with E-state index in [0.717, 1.165) is 12.1 Å². The van der Waals surface area contributed by atoms with Crippen LogP contribution in [0.3, 0.4) is 0 Å². The average molecular weight is 245 g/mol. The first-order valence-corrected chi connectivity index (χ1v) is 4.42. The van der Waals surface area contributed by atoms with Crippen LogP contribution in [0.25, 0.3) is 0 Å². The molecule has 0 fully saturated rings. The zero-order valence-corrected chi connectivity index (χ0v) is 8.21. The van der Waals surface area contributed by atoms with Gasteiger partial charge in [-0.25, -0.2) is 0 Å². The summed E-state index contributed by atoms with van der Waals surface area (Å²) in [5, 5.41) is 8.30. The van der Waals surface area contributed by atoms with E-state index in [-0.39, 0.29) is 11.4 Å². The molecule has 0 unspecified atom stereocenters. The minimum absolute atomic E-state index is 0.151. The van der Waals surface area contributed by atoms with Gasteiger partial charge in [0.2, 0.25) is 0 Å². The normalized spacial score (nSPS) is 11.8. The molecule has 0 saturated heterocycles. The topological polar surface area (TPSA) is 20.2 Å². The smallest absolute Gasteiger partial charge is 0.418 e. The zero-order chi connectivity index (χ0) is 10.9. The van der Waals surface area contributed by atoms with E-state index in [1.54, 1.807) is 0 Å². The maximum Gasteiger partial charge on any atom is 0.418 e. The number of aromatic hydroxyl groups is 1. The van der Waals surface area contributed by atoms with Gasteiger partial charge in [-0.3, -0.25) is 0 Å². The molecule has 0 aliphatic carbocycles. The van der Waals surface area contributed by atoms with E-state index < -0.39 is 22.5 Å². The van der Waals surface area contributed by atoms with Crippen molar-refractivity contribution in [3.8, 4) is 5.75 Å². The fraction of sp³-hybridized carbons (Fsp3) is 0.250. The molecule has 0 radical (unpaired) electrons. The van der Waals surface area contributed by atoms with Gasteiger partial charge in [-0.05, 0) is 11.6 Å². The van der Waals surface area contributed by atoms with Crippen LogP contribution in [0.5, 0.6) is 5.75 Å². The van der Waals surface area contributed by atoms with Crippen LogP contribution in [0.2, 0.25) is 5.02 Å². The quantitative estimate of drug-likeness (QED) is 0.746. The van der Waals surface area contributed by atoms with Crippen LogP contribution in [0.15, 0.2) is 12.1 Å². The first-order chi connectivity index (χ1) is 6.38. The van der Waals surface area contributed by atoms with Crippen molar-refractivity contribution in [3.05, 3.63) is 28.3 Å². The number of rotatable bonds is 1. The second kappa shape index (κ2) is 3.87. The SMILES string of the molecule is Oc1ccc(CCl)c(C(F)(F)F)c1Cl. The summed E-state index contributed by atoms with van der Waals surface area (Å²) in [4.78, 5) is 0. The molecular formula is C8H5Cl2F3O. The molecule has 1 aromatic rings. The molecule has 1 nitrogen and oxygen atoms in total.